The fraction of sp³-hybridized carbons (Fsp3) is 0.286. The van der Waals surface area contributed by atoms with Crippen molar-refractivity contribution in [2.75, 3.05) is 0 Å². The summed E-state index contributed by atoms with van der Waals surface area (Å²) in [5.74, 6) is -1.24. The van der Waals surface area contributed by atoms with Crippen molar-refractivity contribution in [3.8, 4) is 0 Å². The van der Waals surface area contributed by atoms with E-state index in [0.29, 0.717) is 5.56 Å². The molecule has 1 nitrogen and oxygen atoms in total. The van der Waals surface area contributed by atoms with Crippen molar-refractivity contribution >= 4 is 11.3 Å². The van der Waals surface area contributed by atoms with Gasteiger partial charge in [-0.05, 0) is 36.1 Å². The number of hydrogen-bond donors (Lipinski definition) is 1. The fourth-order valence-corrected chi connectivity index (χ4v) is 2.57. The van der Waals surface area contributed by atoms with E-state index in [4.69, 9.17) is 0 Å². The predicted molar refractivity (Wildman–Crippen MR) is 71.0 cm³/mol. The third-order valence-corrected chi connectivity index (χ3v) is 3.97. The molecule has 20 heavy (non-hydrogen) atoms. The Labute approximate surface area is 118 Å². The maximum Gasteiger partial charge on any atom is 0.419 e. The molecular weight excluding hydrogens is 290 g/mol. The van der Waals surface area contributed by atoms with Gasteiger partial charge in [0.25, 0.3) is 0 Å². The van der Waals surface area contributed by atoms with E-state index in [1.807, 2.05) is 24.4 Å². The number of benzene rings is 1. The molecule has 2 rings (SSSR count). The molecule has 2 aromatic rings. The molecular formula is C14H13F4NS. The zero-order valence-electron chi connectivity index (χ0n) is 10.7. The molecule has 0 spiro atoms. The van der Waals surface area contributed by atoms with Crippen LogP contribution in [-0.4, -0.2) is 0 Å². The van der Waals surface area contributed by atoms with Crippen LogP contribution >= 0.6 is 11.3 Å². The van der Waals surface area contributed by atoms with Gasteiger partial charge in [0, 0.05) is 17.5 Å². The number of hydrogen-bond acceptors (Lipinski definition) is 2. The third-order valence-electron chi connectivity index (χ3n) is 2.92. The monoisotopic (exact) mass is 303 g/mol. The molecule has 6 heteroatoms. The summed E-state index contributed by atoms with van der Waals surface area (Å²) in [6.07, 6.45) is -4.67. The van der Waals surface area contributed by atoms with Crippen LogP contribution in [0, 0.1) is 5.82 Å². The molecule has 1 atom stereocenters. The first-order valence-corrected chi connectivity index (χ1v) is 6.88. The van der Waals surface area contributed by atoms with E-state index >= 15 is 0 Å². The van der Waals surface area contributed by atoms with Gasteiger partial charge in [-0.25, -0.2) is 4.39 Å². The molecule has 0 saturated carbocycles. The van der Waals surface area contributed by atoms with E-state index < -0.39 is 17.6 Å². The Morgan fingerprint density at radius 1 is 1.25 bits per heavy atom. The van der Waals surface area contributed by atoms with E-state index in [1.165, 1.54) is 6.07 Å². The highest BCUT2D eigenvalue weighted by Gasteiger charge is 2.34. The van der Waals surface area contributed by atoms with Crippen LogP contribution in [0.3, 0.4) is 0 Å². The number of rotatable bonds is 4. The quantitative estimate of drug-likeness (QED) is 0.803. The molecule has 0 fully saturated rings. The van der Waals surface area contributed by atoms with Crippen molar-refractivity contribution in [2.24, 2.45) is 0 Å². The van der Waals surface area contributed by atoms with Gasteiger partial charge in [0.1, 0.15) is 5.82 Å². The zero-order chi connectivity index (χ0) is 14.8. The highest BCUT2D eigenvalue weighted by atomic mass is 32.1. The fourth-order valence-electron chi connectivity index (χ4n) is 1.81. The molecule has 0 saturated heterocycles. The second-order valence-corrected chi connectivity index (χ2v) is 5.41. The van der Waals surface area contributed by atoms with Gasteiger partial charge in [-0.3, -0.25) is 0 Å². The van der Waals surface area contributed by atoms with Gasteiger partial charge in [-0.1, -0.05) is 12.1 Å². The van der Waals surface area contributed by atoms with E-state index in [9.17, 15) is 17.6 Å². The van der Waals surface area contributed by atoms with Gasteiger partial charge in [-0.2, -0.15) is 13.2 Å². The molecule has 0 aliphatic heterocycles. The molecule has 0 aliphatic rings. The second kappa shape index (κ2) is 5.93. The summed E-state index contributed by atoms with van der Waals surface area (Å²) < 4.78 is 50.9. The van der Waals surface area contributed by atoms with Crippen molar-refractivity contribution in [1.82, 2.24) is 5.32 Å². The minimum absolute atomic E-state index is 0.0365. The second-order valence-electron chi connectivity index (χ2n) is 4.43. The Kier molecular flexibility index (Phi) is 4.45. The average Bonchev–Trinajstić information content (AvgIpc) is 2.90. The van der Waals surface area contributed by atoms with Gasteiger partial charge >= 0.3 is 6.18 Å². The van der Waals surface area contributed by atoms with Gasteiger partial charge in [0.2, 0.25) is 0 Å². The van der Waals surface area contributed by atoms with Gasteiger partial charge in [0.05, 0.1) is 5.56 Å². The lowest BCUT2D eigenvalue weighted by molar-refractivity contribution is -0.140. The summed E-state index contributed by atoms with van der Waals surface area (Å²) in [6, 6.07) is 6.97. The summed E-state index contributed by atoms with van der Waals surface area (Å²) in [5.41, 5.74) is -0.817. The zero-order valence-corrected chi connectivity index (χ0v) is 11.5. The predicted octanol–water partition coefficient (Wildman–Crippen LogP) is 4.76. The normalized spacial score (nSPS) is 13.4. The molecule has 1 aromatic carbocycles. The van der Waals surface area contributed by atoms with Crippen molar-refractivity contribution in [1.29, 1.82) is 0 Å². The lowest BCUT2D eigenvalue weighted by Gasteiger charge is -2.14. The minimum Gasteiger partial charge on any atom is -0.305 e. The molecule has 0 amide bonds. The van der Waals surface area contributed by atoms with Crippen molar-refractivity contribution in [3.05, 3.63) is 57.5 Å². The Morgan fingerprint density at radius 2 is 2.00 bits per heavy atom. The Hall–Kier alpha value is -1.40. The Balaban J connectivity index is 2.07. The summed E-state index contributed by atoms with van der Waals surface area (Å²) in [4.78, 5) is 1.10. The summed E-state index contributed by atoms with van der Waals surface area (Å²) in [6.45, 7) is 2.18. The van der Waals surface area contributed by atoms with E-state index in [2.05, 4.69) is 5.32 Å². The molecule has 1 N–H and O–H groups in total. The van der Waals surface area contributed by atoms with Gasteiger partial charge in [-0.15, -0.1) is 11.3 Å². The Bertz CT molecular complexity index is 563. The maximum atomic E-state index is 13.1. The summed E-state index contributed by atoms with van der Waals surface area (Å²) in [5, 5.41) is 5.06. The van der Waals surface area contributed by atoms with Crippen LogP contribution in [0.4, 0.5) is 17.6 Å². The first kappa shape index (κ1) is 15.0. The van der Waals surface area contributed by atoms with E-state index in [0.717, 1.165) is 17.0 Å². The van der Waals surface area contributed by atoms with Crippen LogP contribution in [0.15, 0.2) is 35.7 Å². The first-order valence-electron chi connectivity index (χ1n) is 6.00. The summed E-state index contributed by atoms with van der Waals surface area (Å²) >= 11 is 1.57. The van der Waals surface area contributed by atoms with Crippen molar-refractivity contribution in [2.45, 2.75) is 25.7 Å². The minimum atomic E-state index is -4.67. The smallest absolute Gasteiger partial charge is 0.305 e. The number of halogens is 4. The lowest BCUT2D eigenvalue weighted by Crippen LogP contribution is -2.18. The molecule has 0 radical (unpaired) electrons. The van der Waals surface area contributed by atoms with Crippen molar-refractivity contribution in [3.63, 3.8) is 0 Å². The molecule has 1 aromatic heterocycles. The molecule has 1 unspecified atom stereocenters. The highest BCUT2D eigenvalue weighted by molar-refractivity contribution is 7.10. The lowest BCUT2D eigenvalue weighted by atomic mass is 10.1. The number of alkyl halides is 3. The molecule has 0 aliphatic carbocycles. The standard InChI is InChI=1S/C14H13F4NS/c1-9(13-3-2-6-20-13)19-8-10-4-5-12(15)11(7-10)14(16,17)18/h2-7,9,19H,8H2,1H3. The van der Waals surface area contributed by atoms with Gasteiger partial charge in [0.15, 0.2) is 0 Å². The van der Waals surface area contributed by atoms with E-state index in [1.54, 1.807) is 11.3 Å². The average molecular weight is 303 g/mol. The van der Waals surface area contributed by atoms with E-state index in [-0.39, 0.29) is 12.6 Å². The van der Waals surface area contributed by atoms with Crippen LogP contribution in [0.2, 0.25) is 0 Å². The topological polar surface area (TPSA) is 12.0 Å². The Morgan fingerprint density at radius 3 is 2.60 bits per heavy atom. The van der Waals surface area contributed by atoms with Gasteiger partial charge < -0.3 is 5.32 Å². The third kappa shape index (κ3) is 3.58. The molecule has 1 heterocycles. The summed E-state index contributed by atoms with van der Waals surface area (Å²) in [7, 11) is 0. The largest absolute Gasteiger partial charge is 0.419 e. The molecule has 0 bridgehead atoms. The van der Waals surface area contributed by atoms with Crippen LogP contribution in [0.25, 0.3) is 0 Å². The van der Waals surface area contributed by atoms with Crippen LogP contribution < -0.4 is 5.32 Å². The van der Waals surface area contributed by atoms with Crippen LogP contribution in [0.1, 0.15) is 29.0 Å². The number of nitrogens with one attached hydrogen (secondary N) is 1. The highest BCUT2D eigenvalue weighted by Crippen LogP contribution is 2.32. The van der Waals surface area contributed by atoms with Crippen LogP contribution in [-0.2, 0) is 12.7 Å². The molecule has 108 valence electrons. The first-order chi connectivity index (χ1) is 9.38. The van der Waals surface area contributed by atoms with Crippen molar-refractivity contribution < 1.29 is 17.6 Å². The van der Waals surface area contributed by atoms with Crippen LogP contribution in [0.5, 0.6) is 0 Å². The maximum absolute atomic E-state index is 13.1. The SMILES string of the molecule is CC(NCc1ccc(F)c(C(F)(F)F)c1)c1cccs1. The number of thiophene rings is 1.